The van der Waals surface area contributed by atoms with Gasteiger partial charge in [0.1, 0.15) is 6.07 Å². The van der Waals surface area contributed by atoms with Gasteiger partial charge in [-0.05, 0) is 59.1 Å². The molecule has 0 saturated carbocycles. The Morgan fingerprint density at radius 3 is 2.79 bits per heavy atom. The van der Waals surface area contributed by atoms with Gasteiger partial charge >= 0.3 is 0 Å². The molecule has 0 aromatic heterocycles. The molecule has 170 valence electrons. The maximum Gasteiger partial charge on any atom is 0.100 e. The summed E-state index contributed by atoms with van der Waals surface area (Å²) < 4.78 is 0. The fourth-order valence-corrected chi connectivity index (χ4v) is 4.70. The van der Waals surface area contributed by atoms with Crippen molar-refractivity contribution in [3.05, 3.63) is 88.0 Å². The summed E-state index contributed by atoms with van der Waals surface area (Å²) in [7, 11) is 0. The van der Waals surface area contributed by atoms with Crippen LogP contribution < -0.4 is 5.32 Å². The molecule has 1 aliphatic heterocycles. The summed E-state index contributed by atoms with van der Waals surface area (Å²) in [5.41, 5.74) is 8.04. The van der Waals surface area contributed by atoms with E-state index >= 15 is 0 Å². The Kier molecular flexibility index (Phi) is 8.30. The van der Waals surface area contributed by atoms with Crippen LogP contribution in [-0.4, -0.2) is 24.7 Å². The van der Waals surface area contributed by atoms with Crippen LogP contribution >= 0.6 is 0 Å². The molecule has 2 aromatic rings. The van der Waals surface area contributed by atoms with Crippen LogP contribution in [-0.2, 0) is 13.0 Å². The molecule has 0 bridgehead atoms. The van der Waals surface area contributed by atoms with Crippen molar-refractivity contribution in [2.45, 2.75) is 52.0 Å². The summed E-state index contributed by atoms with van der Waals surface area (Å²) in [6, 6.07) is 15.5. The Morgan fingerprint density at radius 2 is 2.03 bits per heavy atom. The Labute approximate surface area is 199 Å². The summed E-state index contributed by atoms with van der Waals surface area (Å²) in [6.07, 6.45) is 17.8. The first-order chi connectivity index (χ1) is 16.3. The van der Waals surface area contributed by atoms with Gasteiger partial charge in [0.05, 0.1) is 5.56 Å². The molecule has 2 aromatic carbocycles. The monoisotopic (exact) mass is 437 g/mol. The Balaban J connectivity index is 1.58. The van der Waals surface area contributed by atoms with Gasteiger partial charge in [-0.2, -0.15) is 5.26 Å². The first-order valence-corrected chi connectivity index (χ1v) is 12.4. The highest BCUT2D eigenvalue weighted by atomic mass is 15.3. The highest BCUT2D eigenvalue weighted by Gasteiger charge is 2.14. The number of hydrogen-bond donors (Lipinski definition) is 1. The summed E-state index contributed by atoms with van der Waals surface area (Å²) in [6.45, 7) is 6.46. The molecule has 0 amide bonds. The number of aryl methyl sites for hydroxylation is 1. The number of unbranched alkanes of at least 4 members (excludes halogenated alkanes) is 2. The lowest BCUT2D eigenvalue weighted by Gasteiger charge is -2.17. The van der Waals surface area contributed by atoms with Gasteiger partial charge in [0.15, 0.2) is 0 Å². The Hall–Kier alpha value is -2.93. The van der Waals surface area contributed by atoms with E-state index in [1.54, 1.807) is 0 Å². The molecular formula is C30H35N3. The number of rotatable bonds is 9. The van der Waals surface area contributed by atoms with Gasteiger partial charge in [-0.1, -0.05) is 86.5 Å². The lowest BCUT2D eigenvalue weighted by Crippen LogP contribution is -2.22. The minimum Gasteiger partial charge on any atom is -0.303 e. The SMILES string of the molecule is CCCCCc1cc(/C=C/c2cccc(C3=CCCC=C3)c2C#N)ccc1CN1CCNC1. The van der Waals surface area contributed by atoms with Gasteiger partial charge in [0.2, 0.25) is 0 Å². The molecule has 1 fully saturated rings. The number of allylic oxidation sites excluding steroid dienone is 4. The van der Waals surface area contributed by atoms with Crippen molar-refractivity contribution in [1.29, 1.82) is 5.26 Å². The Bertz CT molecular complexity index is 1080. The van der Waals surface area contributed by atoms with Crippen molar-refractivity contribution in [2.24, 2.45) is 0 Å². The second kappa shape index (κ2) is 11.8. The second-order valence-electron chi connectivity index (χ2n) is 9.05. The summed E-state index contributed by atoms with van der Waals surface area (Å²) in [4.78, 5) is 2.48. The van der Waals surface area contributed by atoms with E-state index in [1.807, 2.05) is 6.07 Å². The molecular weight excluding hydrogens is 402 g/mol. The van der Waals surface area contributed by atoms with Crippen LogP contribution in [0.5, 0.6) is 0 Å². The highest BCUT2D eigenvalue weighted by Crippen LogP contribution is 2.27. The molecule has 2 aliphatic rings. The molecule has 0 atom stereocenters. The van der Waals surface area contributed by atoms with Crippen LogP contribution in [0.2, 0.25) is 0 Å². The van der Waals surface area contributed by atoms with Crippen LogP contribution in [0.4, 0.5) is 0 Å². The van der Waals surface area contributed by atoms with E-state index < -0.39 is 0 Å². The van der Waals surface area contributed by atoms with Crippen LogP contribution in [0, 0.1) is 11.3 Å². The summed E-state index contributed by atoms with van der Waals surface area (Å²) in [5.74, 6) is 0. The quantitative estimate of drug-likeness (QED) is 0.357. The lowest BCUT2D eigenvalue weighted by molar-refractivity contribution is 0.326. The maximum atomic E-state index is 9.92. The smallest absolute Gasteiger partial charge is 0.100 e. The van der Waals surface area contributed by atoms with Gasteiger partial charge < -0.3 is 5.32 Å². The number of nitriles is 1. The zero-order valence-corrected chi connectivity index (χ0v) is 19.8. The van der Waals surface area contributed by atoms with Crippen molar-refractivity contribution in [1.82, 2.24) is 10.2 Å². The minimum atomic E-state index is 0.757. The number of nitrogens with one attached hydrogen (secondary N) is 1. The first kappa shape index (κ1) is 23.2. The van der Waals surface area contributed by atoms with E-state index in [9.17, 15) is 5.26 Å². The van der Waals surface area contributed by atoms with Crippen molar-refractivity contribution in [2.75, 3.05) is 19.8 Å². The number of nitrogens with zero attached hydrogens (tertiary/aromatic N) is 2. The minimum absolute atomic E-state index is 0.757. The lowest BCUT2D eigenvalue weighted by atomic mass is 9.92. The van der Waals surface area contributed by atoms with Gasteiger partial charge in [0, 0.05) is 26.3 Å². The average Bonchev–Trinajstić information content (AvgIpc) is 3.37. The summed E-state index contributed by atoms with van der Waals surface area (Å²) in [5, 5.41) is 13.4. The van der Waals surface area contributed by atoms with E-state index in [0.29, 0.717) is 0 Å². The van der Waals surface area contributed by atoms with E-state index in [-0.39, 0.29) is 0 Å². The third-order valence-electron chi connectivity index (χ3n) is 6.58. The highest BCUT2D eigenvalue weighted by molar-refractivity contribution is 5.83. The standard InChI is InChI=1S/C30H35N3/c1-2-3-5-11-27-20-24(15-17-28(27)22-33-19-18-32-23-33)14-16-26-12-8-13-29(30(26)21-31)25-9-6-4-7-10-25/h6,8-10,12-17,20,32H,2-5,7,11,18-19,22-23H2,1H3/b16-14+. The van der Waals surface area contributed by atoms with Crippen molar-refractivity contribution in [3.63, 3.8) is 0 Å². The third-order valence-corrected chi connectivity index (χ3v) is 6.58. The second-order valence-corrected chi connectivity index (χ2v) is 9.05. The number of benzene rings is 2. The zero-order valence-electron chi connectivity index (χ0n) is 19.8. The molecule has 3 nitrogen and oxygen atoms in total. The van der Waals surface area contributed by atoms with E-state index in [4.69, 9.17) is 0 Å². The molecule has 4 rings (SSSR count). The molecule has 1 heterocycles. The molecule has 0 spiro atoms. The fraction of sp³-hybridized carbons (Fsp3) is 0.367. The maximum absolute atomic E-state index is 9.92. The van der Waals surface area contributed by atoms with Gasteiger partial charge in [-0.3, -0.25) is 4.90 Å². The van der Waals surface area contributed by atoms with Crippen LogP contribution in [0.25, 0.3) is 17.7 Å². The van der Waals surface area contributed by atoms with Crippen LogP contribution in [0.1, 0.15) is 72.4 Å². The molecule has 33 heavy (non-hydrogen) atoms. The van der Waals surface area contributed by atoms with Crippen molar-refractivity contribution in [3.8, 4) is 6.07 Å². The van der Waals surface area contributed by atoms with Gasteiger partial charge in [-0.15, -0.1) is 0 Å². The van der Waals surface area contributed by atoms with E-state index in [2.05, 4.69) is 83.9 Å². The zero-order chi connectivity index (χ0) is 22.9. The van der Waals surface area contributed by atoms with E-state index in [0.717, 1.165) is 67.8 Å². The normalized spacial score (nSPS) is 16.3. The molecule has 1 saturated heterocycles. The summed E-state index contributed by atoms with van der Waals surface area (Å²) >= 11 is 0. The largest absolute Gasteiger partial charge is 0.303 e. The Morgan fingerprint density at radius 1 is 1.09 bits per heavy atom. The number of hydrogen-bond acceptors (Lipinski definition) is 3. The molecule has 1 N–H and O–H groups in total. The fourth-order valence-electron chi connectivity index (χ4n) is 4.70. The van der Waals surface area contributed by atoms with Gasteiger partial charge in [-0.25, -0.2) is 0 Å². The predicted molar refractivity (Wildman–Crippen MR) is 139 cm³/mol. The van der Waals surface area contributed by atoms with Crippen molar-refractivity contribution >= 4 is 17.7 Å². The molecule has 0 radical (unpaired) electrons. The predicted octanol–water partition coefficient (Wildman–Crippen LogP) is 6.56. The molecule has 0 unspecified atom stereocenters. The van der Waals surface area contributed by atoms with Crippen LogP contribution in [0.3, 0.4) is 0 Å². The third kappa shape index (κ3) is 6.11. The molecule has 3 heteroatoms. The van der Waals surface area contributed by atoms with Gasteiger partial charge in [0.25, 0.3) is 0 Å². The topological polar surface area (TPSA) is 39.1 Å². The first-order valence-electron chi connectivity index (χ1n) is 12.4. The van der Waals surface area contributed by atoms with Crippen LogP contribution in [0.15, 0.2) is 54.6 Å². The molecule has 1 aliphatic carbocycles. The van der Waals surface area contributed by atoms with E-state index in [1.165, 1.54) is 36.0 Å². The van der Waals surface area contributed by atoms with Crippen molar-refractivity contribution < 1.29 is 0 Å². The average molecular weight is 438 g/mol.